The van der Waals surface area contributed by atoms with Gasteiger partial charge in [-0.1, -0.05) is 13.8 Å². The predicted octanol–water partition coefficient (Wildman–Crippen LogP) is 1.46. The van der Waals surface area contributed by atoms with Gasteiger partial charge in [0.05, 0.1) is 11.4 Å². The van der Waals surface area contributed by atoms with Crippen molar-refractivity contribution < 1.29 is 8.42 Å². The van der Waals surface area contributed by atoms with E-state index in [0.717, 1.165) is 10.7 Å². The highest BCUT2D eigenvalue weighted by atomic mass is 32.2. The van der Waals surface area contributed by atoms with Crippen LogP contribution in [0.15, 0.2) is 28.7 Å². The number of thiazole rings is 1. The summed E-state index contributed by atoms with van der Waals surface area (Å²) in [7, 11) is -1.66. The van der Waals surface area contributed by atoms with Gasteiger partial charge in [0.2, 0.25) is 10.0 Å². The van der Waals surface area contributed by atoms with E-state index in [2.05, 4.69) is 28.9 Å². The maximum Gasteiger partial charge on any atom is 0.242 e. The fraction of sp³-hybridized carbons (Fsp3) is 0.462. The summed E-state index contributed by atoms with van der Waals surface area (Å²) in [6.45, 7) is 4.96. The number of nitrogens with zero attached hydrogens (tertiary/aromatic N) is 2. The predicted molar refractivity (Wildman–Crippen MR) is 83.5 cm³/mol. The fourth-order valence-electron chi connectivity index (χ4n) is 1.79. The maximum absolute atomic E-state index is 12.3. The van der Waals surface area contributed by atoms with Crippen LogP contribution in [-0.4, -0.2) is 24.0 Å². The van der Waals surface area contributed by atoms with Crippen LogP contribution >= 0.6 is 11.3 Å². The molecule has 21 heavy (non-hydrogen) atoms. The van der Waals surface area contributed by atoms with Crippen LogP contribution in [0.2, 0.25) is 0 Å². The van der Waals surface area contributed by atoms with Crippen molar-refractivity contribution in [2.45, 2.75) is 37.9 Å². The zero-order chi connectivity index (χ0) is 15.5. The van der Waals surface area contributed by atoms with Gasteiger partial charge < -0.3 is 9.88 Å². The number of rotatable bonds is 7. The fourth-order valence-corrected chi connectivity index (χ4v) is 3.52. The third kappa shape index (κ3) is 4.37. The van der Waals surface area contributed by atoms with Gasteiger partial charge in [-0.25, -0.2) is 18.1 Å². The van der Waals surface area contributed by atoms with Crippen molar-refractivity contribution in [3.63, 3.8) is 0 Å². The molecule has 0 spiro atoms. The van der Waals surface area contributed by atoms with Gasteiger partial charge in [0, 0.05) is 43.1 Å². The molecule has 6 nitrogen and oxygen atoms in total. The average molecular weight is 328 g/mol. The number of aryl methyl sites for hydroxylation is 1. The van der Waals surface area contributed by atoms with E-state index < -0.39 is 10.0 Å². The average Bonchev–Trinajstić information content (AvgIpc) is 3.04. The Labute approximate surface area is 129 Å². The topological polar surface area (TPSA) is 76.0 Å². The van der Waals surface area contributed by atoms with Crippen LogP contribution in [0.4, 0.5) is 0 Å². The third-order valence-electron chi connectivity index (χ3n) is 2.98. The molecule has 0 aromatic carbocycles. The van der Waals surface area contributed by atoms with Crippen molar-refractivity contribution in [2.24, 2.45) is 7.05 Å². The molecule has 2 rings (SSSR count). The van der Waals surface area contributed by atoms with E-state index >= 15 is 0 Å². The molecule has 2 aromatic rings. The van der Waals surface area contributed by atoms with E-state index in [9.17, 15) is 8.42 Å². The molecule has 0 fully saturated rings. The van der Waals surface area contributed by atoms with E-state index in [1.807, 2.05) is 17.0 Å². The first-order valence-electron chi connectivity index (χ1n) is 6.65. The summed E-state index contributed by atoms with van der Waals surface area (Å²) in [6.07, 6.45) is 3.29. The second kappa shape index (κ2) is 6.69. The summed E-state index contributed by atoms with van der Waals surface area (Å²) in [4.78, 5) is 4.34. The number of aromatic nitrogens is 2. The van der Waals surface area contributed by atoms with Gasteiger partial charge >= 0.3 is 0 Å². The lowest BCUT2D eigenvalue weighted by atomic mass is 10.3. The molecule has 0 saturated carbocycles. The lowest BCUT2D eigenvalue weighted by molar-refractivity contribution is 0.571. The SMILES string of the molecule is CC(C)NCc1cc(S(=O)(=O)NCc2nccs2)cn1C. The zero-order valence-corrected chi connectivity index (χ0v) is 14.0. The molecule has 0 amide bonds. The summed E-state index contributed by atoms with van der Waals surface area (Å²) in [6, 6.07) is 2.04. The molecular weight excluding hydrogens is 308 g/mol. The minimum atomic E-state index is -3.51. The standard InChI is InChI=1S/C13H20N4O2S2/c1-10(2)15-7-11-6-12(9-17(11)3)21(18,19)16-8-13-14-4-5-20-13/h4-6,9-10,15-16H,7-8H2,1-3H3. The number of hydrogen-bond donors (Lipinski definition) is 2. The monoisotopic (exact) mass is 328 g/mol. The molecular formula is C13H20N4O2S2. The Morgan fingerprint density at radius 2 is 2.14 bits per heavy atom. The Bertz CT molecular complexity index is 675. The van der Waals surface area contributed by atoms with Crippen LogP contribution in [0.5, 0.6) is 0 Å². The van der Waals surface area contributed by atoms with Gasteiger partial charge in [-0.15, -0.1) is 11.3 Å². The highest BCUT2D eigenvalue weighted by Crippen LogP contribution is 2.14. The van der Waals surface area contributed by atoms with E-state index in [-0.39, 0.29) is 11.4 Å². The Balaban J connectivity index is 2.07. The smallest absolute Gasteiger partial charge is 0.242 e. The lowest BCUT2D eigenvalue weighted by Crippen LogP contribution is -2.23. The minimum Gasteiger partial charge on any atom is -0.352 e. The first-order chi connectivity index (χ1) is 9.88. The highest BCUT2D eigenvalue weighted by molar-refractivity contribution is 7.89. The van der Waals surface area contributed by atoms with Crippen molar-refractivity contribution in [1.82, 2.24) is 19.6 Å². The van der Waals surface area contributed by atoms with E-state index in [4.69, 9.17) is 0 Å². The molecule has 0 radical (unpaired) electrons. The van der Waals surface area contributed by atoms with Gasteiger partial charge in [0.1, 0.15) is 5.01 Å². The zero-order valence-electron chi connectivity index (χ0n) is 12.3. The minimum absolute atomic E-state index is 0.217. The van der Waals surface area contributed by atoms with Crippen molar-refractivity contribution in [2.75, 3.05) is 0 Å². The summed E-state index contributed by atoms with van der Waals surface area (Å²) in [5.74, 6) is 0. The molecule has 2 aromatic heterocycles. The number of sulfonamides is 1. The Morgan fingerprint density at radius 3 is 2.76 bits per heavy atom. The normalized spacial score (nSPS) is 12.2. The van der Waals surface area contributed by atoms with Gasteiger partial charge in [0.25, 0.3) is 0 Å². The van der Waals surface area contributed by atoms with Crippen molar-refractivity contribution >= 4 is 21.4 Å². The van der Waals surface area contributed by atoms with Crippen LogP contribution in [0.25, 0.3) is 0 Å². The molecule has 0 atom stereocenters. The van der Waals surface area contributed by atoms with E-state index in [0.29, 0.717) is 12.6 Å². The van der Waals surface area contributed by atoms with E-state index in [1.165, 1.54) is 11.3 Å². The Morgan fingerprint density at radius 1 is 1.38 bits per heavy atom. The lowest BCUT2D eigenvalue weighted by Gasteiger charge is -2.08. The second-order valence-electron chi connectivity index (χ2n) is 5.06. The Hall–Kier alpha value is -1.22. The first kappa shape index (κ1) is 16.2. The molecule has 0 saturated heterocycles. The molecule has 8 heteroatoms. The summed E-state index contributed by atoms with van der Waals surface area (Å²) < 4.78 is 28.9. The van der Waals surface area contributed by atoms with Gasteiger partial charge in [-0.2, -0.15) is 0 Å². The molecule has 0 unspecified atom stereocenters. The van der Waals surface area contributed by atoms with Crippen LogP contribution < -0.4 is 10.0 Å². The highest BCUT2D eigenvalue weighted by Gasteiger charge is 2.17. The molecule has 116 valence electrons. The Kier molecular flexibility index (Phi) is 5.15. The van der Waals surface area contributed by atoms with Crippen molar-refractivity contribution in [1.29, 1.82) is 0 Å². The van der Waals surface area contributed by atoms with Crippen molar-refractivity contribution in [3.05, 3.63) is 34.5 Å². The molecule has 2 heterocycles. The summed E-state index contributed by atoms with van der Waals surface area (Å²) in [5.41, 5.74) is 0.929. The van der Waals surface area contributed by atoms with E-state index in [1.54, 1.807) is 18.5 Å². The summed E-state index contributed by atoms with van der Waals surface area (Å²) in [5, 5.41) is 5.85. The third-order valence-corrected chi connectivity index (χ3v) is 5.13. The van der Waals surface area contributed by atoms with Gasteiger partial charge in [-0.3, -0.25) is 0 Å². The molecule has 0 bridgehead atoms. The van der Waals surface area contributed by atoms with Gasteiger partial charge in [-0.05, 0) is 6.07 Å². The van der Waals surface area contributed by atoms with Gasteiger partial charge in [0.15, 0.2) is 0 Å². The molecule has 0 aliphatic carbocycles. The van der Waals surface area contributed by atoms with Crippen LogP contribution in [0.3, 0.4) is 0 Å². The molecule has 2 N–H and O–H groups in total. The number of hydrogen-bond acceptors (Lipinski definition) is 5. The molecule has 0 aliphatic rings. The van der Waals surface area contributed by atoms with Crippen LogP contribution in [0.1, 0.15) is 24.5 Å². The molecule has 0 aliphatic heterocycles. The maximum atomic E-state index is 12.3. The second-order valence-corrected chi connectivity index (χ2v) is 7.81. The number of nitrogens with one attached hydrogen (secondary N) is 2. The first-order valence-corrected chi connectivity index (χ1v) is 9.01. The van der Waals surface area contributed by atoms with Crippen LogP contribution in [0, 0.1) is 0 Å². The quantitative estimate of drug-likeness (QED) is 0.807. The largest absolute Gasteiger partial charge is 0.352 e. The van der Waals surface area contributed by atoms with Crippen molar-refractivity contribution in [3.8, 4) is 0 Å². The van der Waals surface area contributed by atoms with Crippen LogP contribution in [-0.2, 0) is 30.2 Å². The summed E-state index contributed by atoms with van der Waals surface area (Å²) >= 11 is 1.43.